The summed E-state index contributed by atoms with van der Waals surface area (Å²) >= 11 is 0. The van der Waals surface area contributed by atoms with Gasteiger partial charge in [0.25, 0.3) is 0 Å². The Kier molecular flexibility index (Phi) is 20.9. The summed E-state index contributed by atoms with van der Waals surface area (Å²) < 4.78 is 25.8. The summed E-state index contributed by atoms with van der Waals surface area (Å²) in [5.41, 5.74) is 0. The number of esters is 2. The van der Waals surface area contributed by atoms with Crippen molar-refractivity contribution in [3.05, 3.63) is 0 Å². The van der Waals surface area contributed by atoms with Gasteiger partial charge in [-0.3, -0.25) is 18.9 Å². The van der Waals surface area contributed by atoms with E-state index in [4.69, 9.17) is 19.3 Å². The Bertz CT molecular complexity index is 624. The summed E-state index contributed by atoms with van der Waals surface area (Å²) in [7, 11) is -4.74. The fourth-order valence-corrected chi connectivity index (χ4v) is 3.75. The zero-order chi connectivity index (χ0) is 26.4. The first-order valence-corrected chi connectivity index (χ1v) is 14.5. The second-order valence-electron chi connectivity index (χ2n) is 8.81. The quantitative estimate of drug-likeness (QED) is 0.0995. The Labute approximate surface area is 210 Å². The first-order chi connectivity index (χ1) is 16.6. The number of hydrogen-bond donors (Lipinski definition) is 3. The van der Waals surface area contributed by atoms with Crippen molar-refractivity contribution in [3.63, 3.8) is 0 Å². The van der Waals surface area contributed by atoms with E-state index in [2.05, 4.69) is 16.8 Å². The fourth-order valence-electron chi connectivity index (χ4n) is 3.39. The fraction of sp³-hybridized carbons (Fsp3) is 0.875. The Morgan fingerprint density at radius 1 is 0.771 bits per heavy atom. The van der Waals surface area contributed by atoms with Gasteiger partial charge in [0.1, 0.15) is 6.61 Å². The maximum Gasteiger partial charge on any atom is 0.469 e. The van der Waals surface area contributed by atoms with Gasteiger partial charge in [0.2, 0.25) is 5.91 Å². The van der Waals surface area contributed by atoms with Crippen molar-refractivity contribution in [3.8, 4) is 0 Å². The highest BCUT2D eigenvalue weighted by molar-refractivity contribution is 7.46. The Hall–Kier alpha value is -1.48. The van der Waals surface area contributed by atoms with Crippen LogP contribution in [0.2, 0.25) is 0 Å². The van der Waals surface area contributed by atoms with Crippen LogP contribution in [-0.4, -0.2) is 53.5 Å². The minimum Gasteiger partial charge on any atom is -0.462 e. The van der Waals surface area contributed by atoms with Crippen LogP contribution in [-0.2, 0) is 32.9 Å². The highest BCUT2D eigenvalue weighted by Crippen LogP contribution is 2.35. The number of phosphoric ester groups is 1. The molecule has 0 saturated heterocycles. The molecule has 0 unspecified atom stereocenters. The first-order valence-electron chi connectivity index (χ1n) is 12.9. The molecule has 0 aromatic rings. The highest BCUT2D eigenvalue weighted by Gasteiger charge is 2.22. The molecule has 0 aromatic heterocycles. The van der Waals surface area contributed by atoms with Gasteiger partial charge in [0.15, 0.2) is 6.10 Å². The van der Waals surface area contributed by atoms with Crippen LogP contribution in [0.3, 0.4) is 0 Å². The number of hydrogen-bond acceptors (Lipinski definition) is 7. The first kappa shape index (κ1) is 33.5. The van der Waals surface area contributed by atoms with E-state index in [1.807, 2.05) is 0 Å². The molecule has 206 valence electrons. The molecule has 10 nitrogen and oxygen atoms in total. The third-order valence-corrected chi connectivity index (χ3v) is 5.81. The number of ether oxygens (including phenoxy) is 2. The predicted molar refractivity (Wildman–Crippen MR) is 132 cm³/mol. The van der Waals surface area contributed by atoms with Crippen molar-refractivity contribution in [2.24, 2.45) is 0 Å². The summed E-state index contributed by atoms with van der Waals surface area (Å²) in [5, 5.41) is 2.77. The lowest BCUT2D eigenvalue weighted by molar-refractivity contribution is -0.161. The number of nitrogens with one attached hydrogen (secondary N) is 1. The minimum absolute atomic E-state index is 0.0103. The molecule has 0 aliphatic heterocycles. The van der Waals surface area contributed by atoms with Gasteiger partial charge >= 0.3 is 19.8 Å². The van der Waals surface area contributed by atoms with Gasteiger partial charge in [-0.2, -0.15) is 0 Å². The van der Waals surface area contributed by atoms with Crippen LogP contribution in [0.5, 0.6) is 0 Å². The average Bonchev–Trinajstić information content (AvgIpc) is 2.78. The van der Waals surface area contributed by atoms with Crippen molar-refractivity contribution in [1.29, 1.82) is 0 Å². The number of phosphoric acid groups is 1. The number of carbonyl (C=O) groups is 3. The number of rotatable bonds is 23. The number of unbranched alkanes of at least 4 members (excludes halogenated alkanes) is 11. The molecule has 0 bridgehead atoms. The Morgan fingerprint density at radius 3 is 1.83 bits per heavy atom. The van der Waals surface area contributed by atoms with Gasteiger partial charge < -0.3 is 24.6 Å². The molecule has 0 aliphatic carbocycles. The third kappa shape index (κ3) is 25.4. The second kappa shape index (κ2) is 21.8. The maximum atomic E-state index is 12.1. The van der Waals surface area contributed by atoms with E-state index in [0.29, 0.717) is 19.4 Å². The van der Waals surface area contributed by atoms with E-state index < -0.39 is 32.5 Å². The minimum atomic E-state index is -4.74. The zero-order valence-electron chi connectivity index (χ0n) is 21.5. The smallest absolute Gasteiger partial charge is 0.462 e. The van der Waals surface area contributed by atoms with Crippen LogP contribution >= 0.6 is 7.82 Å². The van der Waals surface area contributed by atoms with Crippen molar-refractivity contribution < 1.29 is 42.7 Å². The van der Waals surface area contributed by atoms with E-state index in [9.17, 15) is 18.9 Å². The van der Waals surface area contributed by atoms with E-state index >= 15 is 0 Å². The molecule has 0 radical (unpaired) electrons. The SMILES string of the molecule is CCCCCCCCC(=O)O[C@@H](COC(=O)CCCCCCCCCNC(C)=O)COP(=O)(O)O. The van der Waals surface area contributed by atoms with E-state index in [1.54, 1.807) is 0 Å². The number of carbonyl (C=O) groups excluding carboxylic acids is 3. The molecule has 0 spiro atoms. The van der Waals surface area contributed by atoms with Crippen LogP contribution < -0.4 is 5.32 Å². The lowest BCUT2D eigenvalue weighted by Gasteiger charge is -2.18. The summed E-state index contributed by atoms with van der Waals surface area (Å²) in [6.45, 7) is 3.48. The molecule has 0 saturated carbocycles. The largest absolute Gasteiger partial charge is 0.469 e. The molecule has 0 aliphatic rings. The van der Waals surface area contributed by atoms with Crippen LogP contribution in [0.15, 0.2) is 0 Å². The molecule has 0 fully saturated rings. The topological polar surface area (TPSA) is 148 Å². The summed E-state index contributed by atoms with van der Waals surface area (Å²) in [5.74, 6) is -0.967. The van der Waals surface area contributed by atoms with Crippen molar-refractivity contribution in [1.82, 2.24) is 5.32 Å². The highest BCUT2D eigenvalue weighted by atomic mass is 31.2. The van der Waals surface area contributed by atoms with Crippen molar-refractivity contribution in [2.75, 3.05) is 19.8 Å². The predicted octanol–water partition coefficient (Wildman–Crippen LogP) is 4.56. The van der Waals surface area contributed by atoms with Gasteiger partial charge in [-0.15, -0.1) is 0 Å². The average molecular weight is 524 g/mol. The molecule has 11 heteroatoms. The molecule has 0 aromatic carbocycles. The van der Waals surface area contributed by atoms with Crippen LogP contribution in [0, 0.1) is 0 Å². The van der Waals surface area contributed by atoms with Gasteiger partial charge in [0.05, 0.1) is 6.61 Å². The monoisotopic (exact) mass is 523 g/mol. The molecule has 1 atom stereocenters. The molecule has 0 rings (SSSR count). The molecule has 1 amide bonds. The van der Waals surface area contributed by atoms with Crippen molar-refractivity contribution in [2.45, 2.75) is 116 Å². The van der Waals surface area contributed by atoms with Crippen LogP contribution in [0.25, 0.3) is 0 Å². The second-order valence-corrected chi connectivity index (χ2v) is 10.0. The van der Waals surface area contributed by atoms with Gasteiger partial charge in [-0.25, -0.2) is 4.57 Å². The summed E-state index contributed by atoms with van der Waals surface area (Å²) in [4.78, 5) is 52.7. The van der Waals surface area contributed by atoms with Crippen LogP contribution in [0.4, 0.5) is 0 Å². The molecule has 35 heavy (non-hydrogen) atoms. The van der Waals surface area contributed by atoms with Crippen molar-refractivity contribution >= 4 is 25.7 Å². The maximum absolute atomic E-state index is 12.1. The zero-order valence-corrected chi connectivity index (χ0v) is 22.4. The lowest BCUT2D eigenvalue weighted by Crippen LogP contribution is -2.29. The van der Waals surface area contributed by atoms with E-state index in [0.717, 1.165) is 64.2 Å². The lowest BCUT2D eigenvalue weighted by atomic mass is 10.1. The Balaban J connectivity index is 4.07. The van der Waals surface area contributed by atoms with Crippen LogP contribution in [0.1, 0.15) is 110 Å². The Morgan fingerprint density at radius 2 is 1.29 bits per heavy atom. The van der Waals surface area contributed by atoms with E-state index in [-0.39, 0.29) is 25.4 Å². The van der Waals surface area contributed by atoms with Gasteiger partial charge in [-0.05, 0) is 19.3 Å². The normalized spacial score (nSPS) is 12.2. The van der Waals surface area contributed by atoms with Gasteiger partial charge in [-0.1, -0.05) is 71.1 Å². The van der Waals surface area contributed by atoms with Gasteiger partial charge in [0, 0.05) is 26.3 Å². The third-order valence-electron chi connectivity index (χ3n) is 5.32. The standard InChI is InChI=1S/C24H46NO9P/c1-3-4-5-6-10-14-17-24(28)34-22(20-33-35(29,30)31)19-32-23(27)16-13-11-8-7-9-12-15-18-25-21(2)26/h22H,3-20H2,1-2H3,(H,25,26)(H2,29,30,31)/t22-/m0/s1. The molecular weight excluding hydrogens is 477 g/mol. The summed E-state index contributed by atoms with van der Waals surface area (Å²) in [6, 6.07) is 0. The molecule has 0 heterocycles. The van der Waals surface area contributed by atoms with E-state index in [1.165, 1.54) is 13.3 Å². The summed E-state index contributed by atoms with van der Waals surface area (Å²) in [6.07, 6.45) is 12.1. The molecule has 3 N–H and O–H groups in total. The number of amides is 1. The molecular formula is C24H46NO9P.